The van der Waals surface area contributed by atoms with Crippen LogP contribution in [0.1, 0.15) is 213 Å². The van der Waals surface area contributed by atoms with Crippen LogP contribution in [0.3, 0.4) is 0 Å². The fourth-order valence-corrected chi connectivity index (χ4v) is 7.79. The van der Waals surface area contributed by atoms with E-state index in [0.717, 1.165) is 116 Å². The molecule has 12 heteroatoms. The van der Waals surface area contributed by atoms with Crippen molar-refractivity contribution in [2.45, 2.75) is 226 Å². The Morgan fingerprint density at radius 3 is 1.21 bits per heavy atom. The van der Waals surface area contributed by atoms with Gasteiger partial charge in [0, 0.05) is 19.3 Å². The number of aliphatic hydroxyl groups is 1. The van der Waals surface area contributed by atoms with E-state index < -0.39 is 57.8 Å². The third-order valence-electron chi connectivity index (χ3n) is 11.2. The smallest absolute Gasteiger partial charge is 0.462 e. The summed E-state index contributed by atoms with van der Waals surface area (Å²) in [5.74, 6) is -1.60. The SMILES string of the molecule is CC/C=C\C/C=C\C/C=C\C/C=C\CCCCCCC(=O)OCC(COP(=O)(O)OCC(CO)OC(=O)CC/C=C\C/C=C\C/C=C\C/C=C\CC)OC(=O)CCCCCCC/C=C\CCCCCCCC. The minimum atomic E-state index is -4.78. The van der Waals surface area contributed by atoms with Crippen molar-refractivity contribution in [3.05, 3.63) is 109 Å². The molecule has 0 amide bonds. The van der Waals surface area contributed by atoms with Crippen LogP contribution >= 0.6 is 7.82 Å². The maximum absolute atomic E-state index is 12.9. The van der Waals surface area contributed by atoms with E-state index in [1.165, 1.54) is 38.5 Å². The van der Waals surface area contributed by atoms with Gasteiger partial charge in [0.05, 0.1) is 19.8 Å². The number of hydrogen-bond donors (Lipinski definition) is 2. The predicted molar refractivity (Wildman–Crippen MR) is 297 cm³/mol. The number of aliphatic hydroxyl groups excluding tert-OH is 1. The van der Waals surface area contributed by atoms with Crippen molar-refractivity contribution in [1.82, 2.24) is 0 Å². The fourth-order valence-electron chi connectivity index (χ4n) is 7.00. The van der Waals surface area contributed by atoms with Crippen LogP contribution in [0.2, 0.25) is 0 Å². The lowest BCUT2D eigenvalue weighted by atomic mass is 10.1. The highest BCUT2D eigenvalue weighted by molar-refractivity contribution is 7.47. The standard InChI is InChI=1S/C60H99O11P/c1-4-7-10-13-16-19-22-25-27-28-30-32-34-37-40-43-46-49-58(62)67-53-57(71-60(64)51-48-45-42-39-36-33-29-26-23-20-17-14-11-8-5-2)55-69-72(65,66)68-54-56(52-61)70-59(63)50-47-44-41-38-35-31-24-21-18-15-12-9-6-3/h7,9-10,12,16,18-19,21,25-27,29-32,35,41,44,56-57,61H,4-6,8,11,13-15,17,20,22-24,28,33-34,36-40,42-43,45-55H2,1-3H3,(H,65,66)/b10-7-,12-9-,19-16-,21-18-,27-25-,29-26-,32-30-,35-31-,44-41-. The van der Waals surface area contributed by atoms with Gasteiger partial charge in [0.15, 0.2) is 6.10 Å². The summed E-state index contributed by atoms with van der Waals surface area (Å²) in [6.45, 7) is 4.27. The van der Waals surface area contributed by atoms with E-state index in [4.69, 9.17) is 23.3 Å². The van der Waals surface area contributed by atoms with E-state index in [1.807, 2.05) is 18.2 Å². The van der Waals surface area contributed by atoms with Crippen molar-refractivity contribution in [2.75, 3.05) is 26.4 Å². The fraction of sp³-hybridized carbons (Fsp3) is 0.650. The summed E-state index contributed by atoms with van der Waals surface area (Å²) >= 11 is 0. The minimum Gasteiger partial charge on any atom is -0.462 e. The first-order valence-corrected chi connectivity index (χ1v) is 29.3. The summed E-state index contributed by atoms with van der Waals surface area (Å²) in [6, 6.07) is 0. The van der Waals surface area contributed by atoms with E-state index >= 15 is 0 Å². The summed E-state index contributed by atoms with van der Waals surface area (Å²) in [7, 11) is -4.78. The molecule has 0 heterocycles. The van der Waals surface area contributed by atoms with Gasteiger partial charge in [-0.2, -0.15) is 0 Å². The van der Waals surface area contributed by atoms with Crippen molar-refractivity contribution in [3.63, 3.8) is 0 Å². The normalized spacial score (nSPS) is 14.2. The zero-order valence-corrected chi connectivity index (χ0v) is 46.0. The molecule has 11 nitrogen and oxygen atoms in total. The van der Waals surface area contributed by atoms with E-state index in [1.54, 1.807) is 0 Å². The highest BCUT2D eigenvalue weighted by atomic mass is 31.2. The molecular weight excluding hydrogens is 928 g/mol. The molecule has 2 N–H and O–H groups in total. The third-order valence-corrected chi connectivity index (χ3v) is 12.1. The summed E-state index contributed by atoms with van der Waals surface area (Å²) in [4.78, 5) is 48.4. The van der Waals surface area contributed by atoms with Crippen molar-refractivity contribution in [1.29, 1.82) is 0 Å². The summed E-state index contributed by atoms with van der Waals surface area (Å²) in [6.07, 6.45) is 63.5. The number of ether oxygens (including phenoxy) is 3. The Labute approximate surface area is 437 Å². The maximum Gasteiger partial charge on any atom is 0.472 e. The van der Waals surface area contributed by atoms with E-state index in [9.17, 15) is 28.9 Å². The van der Waals surface area contributed by atoms with Crippen LogP contribution in [-0.2, 0) is 42.2 Å². The number of rotatable bonds is 50. The van der Waals surface area contributed by atoms with Crippen LogP contribution in [0.25, 0.3) is 0 Å². The van der Waals surface area contributed by atoms with Crippen molar-refractivity contribution >= 4 is 25.7 Å². The number of phosphoric ester groups is 1. The van der Waals surface area contributed by atoms with Gasteiger partial charge in [-0.15, -0.1) is 0 Å². The number of carbonyl (C=O) groups excluding carboxylic acids is 3. The average molecular weight is 1030 g/mol. The van der Waals surface area contributed by atoms with Crippen molar-refractivity contribution in [2.24, 2.45) is 0 Å². The number of carbonyl (C=O) groups is 3. The Bertz CT molecular complexity index is 1620. The van der Waals surface area contributed by atoms with Gasteiger partial charge in [-0.3, -0.25) is 23.4 Å². The average Bonchev–Trinajstić information content (AvgIpc) is 3.37. The first-order valence-electron chi connectivity index (χ1n) is 27.8. The van der Waals surface area contributed by atoms with Gasteiger partial charge >= 0.3 is 25.7 Å². The molecule has 0 aliphatic rings. The molecule has 3 unspecified atom stereocenters. The topological polar surface area (TPSA) is 155 Å². The quantitative estimate of drug-likeness (QED) is 0.0197. The first kappa shape index (κ1) is 68.1. The zero-order valence-electron chi connectivity index (χ0n) is 45.1. The second-order valence-electron chi connectivity index (χ2n) is 18.0. The number of hydrogen-bond acceptors (Lipinski definition) is 10. The lowest BCUT2D eigenvalue weighted by Gasteiger charge is -2.21. The van der Waals surface area contributed by atoms with Crippen LogP contribution in [-0.4, -0.2) is 66.5 Å². The number of phosphoric acid groups is 1. The van der Waals surface area contributed by atoms with Gasteiger partial charge in [0.2, 0.25) is 0 Å². The molecule has 0 aromatic heterocycles. The number of esters is 3. The highest BCUT2D eigenvalue weighted by Crippen LogP contribution is 2.43. The number of unbranched alkanes of at least 4 members (excludes halogenated alkanes) is 15. The van der Waals surface area contributed by atoms with Crippen molar-refractivity contribution < 1.29 is 52.2 Å². The first-order chi connectivity index (χ1) is 35.2. The summed E-state index contributed by atoms with van der Waals surface area (Å²) < 4.78 is 39.3. The van der Waals surface area contributed by atoms with E-state index in [2.05, 4.69) is 112 Å². The molecule has 0 saturated carbocycles. The Balaban J connectivity index is 4.86. The van der Waals surface area contributed by atoms with Gasteiger partial charge in [0.25, 0.3) is 0 Å². The molecule has 72 heavy (non-hydrogen) atoms. The number of allylic oxidation sites excluding steroid dienone is 18. The van der Waals surface area contributed by atoms with Gasteiger partial charge in [-0.1, -0.05) is 194 Å². The van der Waals surface area contributed by atoms with E-state index in [-0.39, 0.29) is 25.9 Å². The van der Waals surface area contributed by atoms with Gasteiger partial charge in [-0.25, -0.2) is 4.57 Å². The lowest BCUT2D eigenvalue weighted by Crippen LogP contribution is -2.30. The Morgan fingerprint density at radius 1 is 0.403 bits per heavy atom. The molecule has 0 aromatic carbocycles. The predicted octanol–water partition coefficient (Wildman–Crippen LogP) is 16.2. The molecule has 0 saturated heterocycles. The third kappa shape index (κ3) is 51.1. The molecule has 3 atom stereocenters. The van der Waals surface area contributed by atoms with Crippen LogP contribution in [0, 0.1) is 0 Å². The van der Waals surface area contributed by atoms with Crippen LogP contribution in [0.15, 0.2) is 109 Å². The van der Waals surface area contributed by atoms with Crippen LogP contribution in [0.5, 0.6) is 0 Å². The van der Waals surface area contributed by atoms with E-state index in [0.29, 0.717) is 19.3 Å². The Kier molecular flexibility index (Phi) is 50.6. The van der Waals surface area contributed by atoms with Crippen LogP contribution in [0.4, 0.5) is 0 Å². The molecule has 410 valence electrons. The largest absolute Gasteiger partial charge is 0.472 e. The molecule has 0 fully saturated rings. The Hall–Kier alpha value is -3.86. The molecule has 0 aromatic rings. The Morgan fingerprint density at radius 2 is 0.750 bits per heavy atom. The molecule has 0 aliphatic carbocycles. The van der Waals surface area contributed by atoms with Crippen molar-refractivity contribution in [3.8, 4) is 0 Å². The second-order valence-corrected chi connectivity index (χ2v) is 19.4. The minimum absolute atomic E-state index is 0.0491. The molecule has 0 aliphatic heterocycles. The highest BCUT2D eigenvalue weighted by Gasteiger charge is 2.28. The maximum atomic E-state index is 12.9. The molecule has 0 bridgehead atoms. The summed E-state index contributed by atoms with van der Waals surface area (Å²) in [5.41, 5.74) is 0. The molecule has 0 spiro atoms. The zero-order chi connectivity index (χ0) is 52.7. The molecular formula is C60H99O11P. The monoisotopic (exact) mass is 1030 g/mol. The lowest BCUT2D eigenvalue weighted by molar-refractivity contribution is -0.161. The summed E-state index contributed by atoms with van der Waals surface area (Å²) in [5, 5.41) is 9.78. The van der Waals surface area contributed by atoms with Gasteiger partial charge in [-0.05, 0) is 109 Å². The molecule has 0 radical (unpaired) electrons. The molecule has 0 rings (SSSR count). The van der Waals surface area contributed by atoms with Gasteiger partial charge in [0.1, 0.15) is 12.7 Å². The second kappa shape index (κ2) is 53.4. The van der Waals surface area contributed by atoms with Gasteiger partial charge < -0.3 is 24.2 Å². The van der Waals surface area contributed by atoms with Crippen LogP contribution < -0.4 is 0 Å².